The first-order valence-electron chi connectivity index (χ1n) is 8.93. The second-order valence-corrected chi connectivity index (χ2v) is 7.49. The Bertz CT molecular complexity index is 1020. The maximum Gasteiger partial charge on any atom is 0.339 e. The topological polar surface area (TPSA) is 85.5 Å². The third-order valence-electron chi connectivity index (χ3n) is 4.14. The van der Waals surface area contributed by atoms with Crippen LogP contribution in [0.1, 0.15) is 21.8 Å². The van der Waals surface area contributed by atoms with E-state index in [0.29, 0.717) is 16.3 Å². The van der Waals surface area contributed by atoms with Crippen LogP contribution in [0.25, 0.3) is 11.4 Å². The molecular formula is C21H21N3O4S. The molecule has 1 amide bonds. The molecule has 0 radical (unpaired) electrons. The van der Waals surface area contributed by atoms with Crippen LogP contribution in [0.2, 0.25) is 0 Å². The predicted molar refractivity (Wildman–Crippen MR) is 109 cm³/mol. The van der Waals surface area contributed by atoms with Gasteiger partial charge in [-0.05, 0) is 24.6 Å². The molecule has 1 heterocycles. The van der Waals surface area contributed by atoms with Gasteiger partial charge in [-0.25, -0.2) is 4.79 Å². The molecule has 2 aromatic carbocycles. The van der Waals surface area contributed by atoms with Crippen LogP contribution in [-0.4, -0.2) is 46.8 Å². The van der Waals surface area contributed by atoms with Crippen LogP contribution >= 0.6 is 11.8 Å². The second-order valence-electron chi connectivity index (χ2n) is 6.48. The van der Waals surface area contributed by atoms with E-state index in [1.807, 2.05) is 37.3 Å². The SMILES string of the molecule is Cc1ccccc1-c1noc(COC(=O)c2ccccc2SCC(=O)N(C)C)n1. The molecule has 0 atom stereocenters. The molecule has 1 aromatic heterocycles. The van der Waals surface area contributed by atoms with Crippen LogP contribution in [0.4, 0.5) is 0 Å². The Kier molecular flexibility index (Phi) is 6.66. The molecule has 0 fully saturated rings. The number of aryl methyl sites for hydroxylation is 1. The molecule has 0 N–H and O–H groups in total. The molecule has 3 rings (SSSR count). The predicted octanol–water partition coefficient (Wildman–Crippen LogP) is 3.58. The largest absolute Gasteiger partial charge is 0.452 e. The summed E-state index contributed by atoms with van der Waals surface area (Å²) in [5.74, 6) is 0.353. The van der Waals surface area contributed by atoms with Crippen molar-refractivity contribution < 1.29 is 18.8 Å². The highest BCUT2D eigenvalue weighted by molar-refractivity contribution is 8.00. The van der Waals surface area contributed by atoms with Crippen molar-refractivity contribution in [3.05, 3.63) is 65.5 Å². The summed E-state index contributed by atoms with van der Waals surface area (Å²) in [5, 5.41) is 3.96. The summed E-state index contributed by atoms with van der Waals surface area (Å²) in [7, 11) is 3.39. The Morgan fingerprint density at radius 2 is 1.83 bits per heavy atom. The van der Waals surface area contributed by atoms with Gasteiger partial charge >= 0.3 is 5.97 Å². The number of benzene rings is 2. The lowest BCUT2D eigenvalue weighted by Crippen LogP contribution is -2.23. The second kappa shape index (κ2) is 9.38. The summed E-state index contributed by atoms with van der Waals surface area (Å²) in [5.41, 5.74) is 2.28. The van der Waals surface area contributed by atoms with Crippen molar-refractivity contribution in [1.82, 2.24) is 15.0 Å². The Labute approximate surface area is 173 Å². The summed E-state index contributed by atoms with van der Waals surface area (Å²) < 4.78 is 10.5. The van der Waals surface area contributed by atoms with E-state index in [1.165, 1.54) is 16.7 Å². The summed E-state index contributed by atoms with van der Waals surface area (Å²) in [4.78, 5) is 30.8. The Morgan fingerprint density at radius 1 is 1.10 bits per heavy atom. The van der Waals surface area contributed by atoms with Crippen molar-refractivity contribution in [2.24, 2.45) is 0 Å². The summed E-state index contributed by atoms with van der Waals surface area (Å²) in [6.45, 7) is 1.83. The smallest absolute Gasteiger partial charge is 0.339 e. The molecule has 7 nitrogen and oxygen atoms in total. The van der Waals surface area contributed by atoms with Gasteiger partial charge < -0.3 is 14.2 Å². The first kappa shape index (κ1) is 20.6. The van der Waals surface area contributed by atoms with E-state index < -0.39 is 5.97 Å². The average molecular weight is 411 g/mol. The molecule has 29 heavy (non-hydrogen) atoms. The van der Waals surface area contributed by atoms with Gasteiger partial charge in [-0.1, -0.05) is 41.6 Å². The monoisotopic (exact) mass is 411 g/mol. The van der Waals surface area contributed by atoms with Crippen LogP contribution in [0.15, 0.2) is 57.9 Å². The normalized spacial score (nSPS) is 10.6. The van der Waals surface area contributed by atoms with Gasteiger partial charge in [-0.3, -0.25) is 4.79 Å². The number of hydrogen-bond acceptors (Lipinski definition) is 7. The highest BCUT2D eigenvalue weighted by Gasteiger charge is 2.17. The minimum atomic E-state index is -0.513. The molecule has 8 heteroatoms. The minimum Gasteiger partial charge on any atom is -0.452 e. The zero-order valence-corrected chi connectivity index (χ0v) is 17.2. The summed E-state index contributed by atoms with van der Waals surface area (Å²) in [6.07, 6.45) is 0. The van der Waals surface area contributed by atoms with E-state index in [1.54, 1.807) is 32.3 Å². The van der Waals surface area contributed by atoms with E-state index in [-0.39, 0.29) is 24.2 Å². The van der Waals surface area contributed by atoms with E-state index >= 15 is 0 Å². The molecule has 0 saturated heterocycles. The quantitative estimate of drug-likeness (QED) is 0.434. The molecule has 0 bridgehead atoms. The maximum atomic E-state index is 12.5. The number of thioether (sulfide) groups is 1. The maximum absolute atomic E-state index is 12.5. The molecule has 3 aromatic rings. The summed E-state index contributed by atoms with van der Waals surface area (Å²) >= 11 is 1.29. The van der Waals surface area contributed by atoms with Crippen molar-refractivity contribution in [3.8, 4) is 11.4 Å². The lowest BCUT2D eigenvalue weighted by atomic mass is 10.1. The lowest BCUT2D eigenvalue weighted by Gasteiger charge is -2.11. The third kappa shape index (κ3) is 5.23. The Hall–Kier alpha value is -3.13. The van der Waals surface area contributed by atoms with Crippen LogP contribution in [0.5, 0.6) is 0 Å². The molecule has 0 aliphatic rings. The number of esters is 1. The van der Waals surface area contributed by atoms with Crippen molar-refractivity contribution in [1.29, 1.82) is 0 Å². The number of ether oxygens (including phenoxy) is 1. The average Bonchev–Trinajstić information content (AvgIpc) is 3.19. The van der Waals surface area contributed by atoms with Gasteiger partial charge in [-0.15, -0.1) is 11.8 Å². The van der Waals surface area contributed by atoms with Crippen LogP contribution in [0, 0.1) is 6.92 Å². The van der Waals surface area contributed by atoms with Crippen LogP contribution < -0.4 is 0 Å². The van der Waals surface area contributed by atoms with Gasteiger partial charge in [0, 0.05) is 24.6 Å². The van der Waals surface area contributed by atoms with Crippen LogP contribution in [0.3, 0.4) is 0 Å². The summed E-state index contributed by atoms with van der Waals surface area (Å²) in [6, 6.07) is 14.7. The fourth-order valence-corrected chi connectivity index (χ4v) is 3.50. The molecule has 0 saturated carbocycles. The fourth-order valence-electron chi connectivity index (χ4n) is 2.48. The number of hydrogen-bond donors (Lipinski definition) is 0. The standard InChI is InChI=1S/C21H21N3O4S/c1-14-8-4-5-9-15(14)20-22-18(28-23-20)12-27-21(26)16-10-6-7-11-17(16)29-13-19(25)24(2)3/h4-11H,12-13H2,1-3H3. The third-order valence-corrected chi connectivity index (χ3v) is 5.20. The van der Waals surface area contributed by atoms with E-state index in [4.69, 9.17) is 9.26 Å². The number of nitrogens with zero attached hydrogens (tertiary/aromatic N) is 3. The zero-order valence-electron chi connectivity index (χ0n) is 16.4. The van der Waals surface area contributed by atoms with Gasteiger partial charge in [0.25, 0.3) is 5.89 Å². The van der Waals surface area contributed by atoms with Crippen molar-refractivity contribution in [2.75, 3.05) is 19.8 Å². The Balaban J connectivity index is 1.65. The van der Waals surface area contributed by atoms with E-state index in [9.17, 15) is 9.59 Å². The van der Waals surface area contributed by atoms with Crippen molar-refractivity contribution in [2.45, 2.75) is 18.4 Å². The lowest BCUT2D eigenvalue weighted by molar-refractivity contribution is -0.125. The molecule has 0 aliphatic heterocycles. The highest BCUT2D eigenvalue weighted by Crippen LogP contribution is 2.24. The van der Waals surface area contributed by atoms with Gasteiger partial charge in [-0.2, -0.15) is 4.98 Å². The molecule has 0 unspecified atom stereocenters. The van der Waals surface area contributed by atoms with Gasteiger partial charge in [0.05, 0.1) is 11.3 Å². The van der Waals surface area contributed by atoms with E-state index in [0.717, 1.165) is 11.1 Å². The number of amides is 1. The van der Waals surface area contributed by atoms with Gasteiger partial charge in [0.1, 0.15) is 0 Å². The molecular weight excluding hydrogens is 390 g/mol. The first-order chi connectivity index (χ1) is 14.0. The number of carbonyl (C=O) groups excluding carboxylic acids is 2. The zero-order chi connectivity index (χ0) is 20.8. The van der Waals surface area contributed by atoms with Gasteiger partial charge in [0.2, 0.25) is 11.7 Å². The van der Waals surface area contributed by atoms with Gasteiger partial charge in [0.15, 0.2) is 6.61 Å². The van der Waals surface area contributed by atoms with E-state index in [2.05, 4.69) is 10.1 Å². The number of carbonyl (C=O) groups is 2. The fraction of sp³-hybridized carbons (Fsp3) is 0.238. The minimum absolute atomic E-state index is 0.0345. The molecule has 0 aliphatic carbocycles. The van der Waals surface area contributed by atoms with Crippen LogP contribution in [-0.2, 0) is 16.1 Å². The molecule has 0 spiro atoms. The van der Waals surface area contributed by atoms with Crippen molar-refractivity contribution in [3.63, 3.8) is 0 Å². The highest BCUT2D eigenvalue weighted by atomic mass is 32.2. The molecule has 150 valence electrons. The first-order valence-corrected chi connectivity index (χ1v) is 9.92. The number of rotatable bonds is 7. The van der Waals surface area contributed by atoms with Crippen molar-refractivity contribution >= 4 is 23.6 Å². The Morgan fingerprint density at radius 3 is 2.59 bits per heavy atom. The number of aromatic nitrogens is 2.